The van der Waals surface area contributed by atoms with Crippen LogP contribution in [0.2, 0.25) is 0 Å². The van der Waals surface area contributed by atoms with Gasteiger partial charge >= 0.3 is 6.09 Å². The van der Waals surface area contributed by atoms with E-state index < -0.39 is 6.09 Å². The summed E-state index contributed by atoms with van der Waals surface area (Å²) in [6, 6.07) is 1.70. The van der Waals surface area contributed by atoms with E-state index in [0.717, 1.165) is 16.8 Å². The average molecular weight is 486 g/mol. The molecule has 2 N–H and O–H groups in total. The van der Waals surface area contributed by atoms with Crippen LogP contribution in [0.25, 0.3) is 16.2 Å². The highest BCUT2D eigenvalue weighted by molar-refractivity contribution is 7.16. The number of nitrogens with one attached hydrogen (secondary N) is 2. The number of fused-ring (bicyclic) bond motifs is 1. The number of aromatic nitrogens is 4. The van der Waals surface area contributed by atoms with Crippen molar-refractivity contribution in [2.75, 3.05) is 25.0 Å². The predicted octanol–water partition coefficient (Wildman–Crippen LogP) is 3.80. The molecule has 0 unspecified atom stereocenters. The Morgan fingerprint density at radius 3 is 2.71 bits per heavy atom. The third-order valence-electron chi connectivity index (χ3n) is 5.36. The lowest BCUT2D eigenvalue weighted by atomic mass is 10.0. The number of anilines is 1. The summed E-state index contributed by atoms with van der Waals surface area (Å²) < 4.78 is 6.88. The van der Waals surface area contributed by atoms with Crippen molar-refractivity contribution in [3.8, 4) is 11.4 Å². The molecule has 4 heterocycles. The maximum atomic E-state index is 13.4. The van der Waals surface area contributed by atoms with Gasteiger partial charge in [-0.05, 0) is 40.0 Å². The minimum atomic E-state index is -0.397. The van der Waals surface area contributed by atoms with Gasteiger partial charge in [0.2, 0.25) is 0 Å². The van der Waals surface area contributed by atoms with E-state index in [1.165, 1.54) is 0 Å². The third-order valence-corrected chi connectivity index (χ3v) is 6.25. The number of alkyl carbamates (subject to hydrolysis) is 1. The van der Waals surface area contributed by atoms with Crippen molar-refractivity contribution in [1.29, 1.82) is 0 Å². The van der Waals surface area contributed by atoms with Crippen molar-refractivity contribution in [1.82, 2.24) is 29.8 Å². The van der Waals surface area contributed by atoms with Crippen LogP contribution in [0.4, 0.5) is 10.6 Å². The van der Waals surface area contributed by atoms with Crippen LogP contribution >= 0.6 is 11.3 Å². The van der Waals surface area contributed by atoms with Gasteiger partial charge in [-0.25, -0.2) is 19.3 Å². The quantitative estimate of drug-likeness (QED) is 0.546. The Bertz CT molecular complexity index is 1160. The van der Waals surface area contributed by atoms with Gasteiger partial charge in [0.25, 0.3) is 5.91 Å². The Hall–Kier alpha value is -3.21. The first kappa shape index (κ1) is 23.9. The number of nitrogens with zero attached hydrogens (tertiary/aromatic N) is 5. The van der Waals surface area contributed by atoms with Crippen LogP contribution in [0.5, 0.6) is 0 Å². The topological polar surface area (TPSA) is 114 Å². The molecular weight excluding hydrogens is 454 g/mol. The molecule has 3 aromatic heterocycles. The molecule has 0 aromatic carbocycles. The zero-order valence-corrected chi connectivity index (χ0v) is 20.8. The molecular formula is C23H31N7O3S. The van der Waals surface area contributed by atoms with Crippen LogP contribution < -0.4 is 10.6 Å². The fraction of sp³-hybridized carbons (Fsp3) is 0.522. The highest BCUT2D eigenvalue weighted by Gasteiger charge is 2.27. The zero-order valence-electron chi connectivity index (χ0n) is 20.0. The Morgan fingerprint density at radius 2 is 2.00 bits per heavy atom. The van der Waals surface area contributed by atoms with E-state index in [1.807, 2.05) is 39.3 Å². The molecule has 0 atom stereocenters. The van der Waals surface area contributed by atoms with Crippen molar-refractivity contribution in [3.63, 3.8) is 0 Å². The number of thiazole rings is 1. The monoisotopic (exact) mass is 485 g/mol. The number of amides is 2. The van der Waals surface area contributed by atoms with E-state index in [9.17, 15) is 9.59 Å². The normalized spacial score (nSPS) is 14.9. The fourth-order valence-electron chi connectivity index (χ4n) is 3.80. The lowest BCUT2D eigenvalue weighted by Gasteiger charge is -2.32. The van der Waals surface area contributed by atoms with Crippen LogP contribution in [-0.2, 0) is 4.74 Å². The zero-order chi connectivity index (χ0) is 24.3. The molecule has 2 amide bonds. The van der Waals surface area contributed by atoms with Crippen molar-refractivity contribution >= 4 is 34.0 Å². The molecule has 1 fully saturated rings. The highest BCUT2D eigenvalue weighted by atomic mass is 32.1. The van der Waals surface area contributed by atoms with E-state index >= 15 is 0 Å². The molecule has 3 aromatic rings. The fourth-order valence-corrected chi connectivity index (χ4v) is 4.59. The number of hydrogen-bond acceptors (Lipinski definition) is 8. The summed E-state index contributed by atoms with van der Waals surface area (Å²) in [6.07, 6.45) is 5.32. The second-order valence-electron chi connectivity index (χ2n) is 9.39. The molecule has 1 aliphatic heterocycles. The number of piperidine rings is 1. The number of carbonyl (C=O) groups excluding carboxylic acids is 2. The Morgan fingerprint density at radius 1 is 1.24 bits per heavy atom. The van der Waals surface area contributed by atoms with Crippen LogP contribution in [-0.4, -0.2) is 67.8 Å². The summed E-state index contributed by atoms with van der Waals surface area (Å²) in [5, 5.41) is 12.6. The van der Waals surface area contributed by atoms with Crippen molar-refractivity contribution in [3.05, 3.63) is 29.5 Å². The highest BCUT2D eigenvalue weighted by Crippen LogP contribution is 2.27. The summed E-state index contributed by atoms with van der Waals surface area (Å²) >= 11 is 1.55. The molecule has 10 nitrogen and oxygen atoms in total. The largest absolute Gasteiger partial charge is 0.450 e. The standard InChI is InChI=1S/C23H31N7O3S/c1-5-11-33-22(32)25-15-6-8-29(9-7-15)20(31)17-13-18(28-23(2,3)4)27-19(26-17)16-14-24-30-10-12-34-21(16)30/h10,12-15H,5-9,11H2,1-4H3,(H,25,32)(H,26,27,28). The average Bonchev–Trinajstić information content (AvgIpc) is 3.40. The number of rotatable bonds is 6. The van der Waals surface area contributed by atoms with Crippen molar-refractivity contribution in [2.24, 2.45) is 0 Å². The van der Waals surface area contributed by atoms with Gasteiger partial charge in [0.15, 0.2) is 5.82 Å². The summed E-state index contributed by atoms with van der Waals surface area (Å²) in [5.74, 6) is 0.902. The van der Waals surface area contributed by atoms with E-state index in [1.54, 1.807) is 33.0 Å². The van der Waals surface area contributed by atoms with E-state index in [0.29, 0.717) is 49.9 Å². The van der Waals surface area contributed by atoms with Crippen LogP contribution in [0.1, 0.15) is 57.4 Å². The lowest BCUT2D eigenvalue weighted by Crippen LogP contribution is -2.46. The summed E-state index contributed by atoms with van der Waals surface area (Å²) in [6.45, 7) is 9.53. The molecule has 1 aliphatic rings. The molecule has 0 radical (unpaired) electrons. The first-order valence-electron chi connectivity index (χ1n) is 11.5. The Labute approximate surface area is 202 Å². The van der Waals surface area contributed by atoms with Gasteiger partial charge in [-0.2, -0.15) is 5.10 Å². The first-order valence-corrected chi connectivity index (χ1v) is 12.4. The van der Waals surface area contributed by atoms with E-state index in [-0.39, 0.29) is 17.5 Å². The van der Waals surface area contributed by atoms with E-state index in [2.05, 4.69) is 25.7 Å². The van der Waals surface area contributed by atoms with Gasteiger partial charge in [0.1, 0.15) is 16.3 Å². The Balaban J connectivity index is 1.52. The molecule has 34 heavy (non-hydrogen) atoms. The van der Waals surface area contributed by atoms with Crippen molar-refractivity contribution < 1.29 is 14.3 Å². The van der Waals surface area contributed by atoms with Gasteiger partial charge in [0, 0.05) is 42.3 Å². The maximum Gasteiger partial charge on any atom is 0.407 e. The third kappa shape index (κ3) is 5.64. The molecule has 0 bridgehead atoms. The number of hydrogen-bond donors (Lipinski definition) is 2. The van der Waals surface area contributed by atoms with Crippen LogP contribution in [0.3, 0.4) is 0 Å². The molecule has 1 saturated heterocycles. The first-order chi connectivity index (χ1) is 16.2. The second-order valence-corrected chi connectivity index (χ2v) is 10.3. The summed E-state index contributed by atoms with van der Waals surface area (Å²) in [7, 11) is 0. The number of ether oxygens (including phenoxy) is 1. The molecule has 0 spiro atoms. The molecule has 4 rings (SSSR count). The number of carbonyl (C=O) groups is 2. The number of likely N-dealkylation sites (tertiary alicyclic amines) is 1. The minimum absolute atomic E-state index is 0.00739. The molecule has 11 heteroatoms. The van der Waals surface area contributed by atoms with Crippen molar-refractivity contribution in [2.45, 2.75) is 58.5 Å². The Kier molecular flexibility index (Phi) is 7.01. The minimum Gasteiger partial charge on any atom is -0.450 e. The van der Waals surface area contributed by atoms with Gasteiger partial charge in [-0.15, -0.1) is 11.3 Å². The smallest absolute Gasteiger partial charge is 0.407 e. The lowest BCUT2D eigenvalue weighted by molar-refractivity contribution is 0.0696. The van der Waals surface area contributed by atoms with Gasteiger partial charge in [-0.3, -0.25) is 4.79 Å². The second kappa shape index (κ2) is 9.96. The predicted molar refractivity (Wildman–Crippen MR) is 131 cm³/mol. The van der Waals surface area contributed by atoms with E-state index in [4.69, 9.17) is 4.74 Å². The SMILES string of the molecule is CCCOC(=O)NC1CCN(C(=O)c2cc(NC(C)(C)C)nc(-c3cnn4ccsc34)n2)CC1. The van der Waals surface area contributed by atoms with Gasteiger partial charge in [0.05, 0.1) is 18.4 Å². The van der Waals surface area contributed by atoms with Crippen LogP contribution in [0, 0.1) is 0 Å². The van der Waals surface area contributed by atoms with Gasteiger partial charge in [-0.1, -0.05) is 6.92 Å². The van der Waals surface area contributed by atoms with Gasteiger partial charge < -0.3 is 20.3 Å². The molecule has 182 valence electrons. The van der Waals surface area contributed by atoms with Crippen LogP contribution in [0.15, 0.2) is 23.8 Å². The molecule has 0 saturated carbocycles. The maximum absolute atomic E-state index is 13.4. The summed E-state index contributed by atoms with van der Waals surface area (Å²) in [5.41, 5.74) is 0.885. The molecule has 0 aliphatic carbocycles. The summed E-state index contributed by atoms with van der Waals surface area (Å²) in [4.78, 5) is 37.3.